The van der Waals surface area contributed by atoms with E-state index >= 15 is 0 Å². The van der Waals surface area contributed by atoms with E-state index in [1.54, 1.807) is 30.3 Å². The Bertz CT molecular complexity index is 656. The molecular formula is C14H8Cl4O2. The lowest BCUT2D eigenvalue weighted by molar-refractivity contribution is 0.0921. The number of carbonyl (C=O) groups excluding carboxylic acids is 1. The van der Waals surface area contributed by atoms with Crippen LogP contribution in [0.2, 0.25) is 20.1 Å². The first-order valence-electron chi connectivity index (χ1n) is 5.53. The Morgan fingerprint density at radius 3 is 2.30 bits per heavy atom. The number of benzene rings is 2. The highest BCUT2D eigenvalue weighted by atomic mass is 35.5. The molecule has 2 aromatic carbocycles. The highest BCUT2D eigenvalue weighted by Crippen LogP contribution is 2.28. The third kappa shape index (κ3) is 3.80. The number of ether oxygens (including phenoxy) is 1. The van der Waals surface area contributed by atoms with Crippen molar-refractivity contribution in [1.29, 1.82) is 0 Å². The van der Waals surface area contributed by atoms with Gasteiger partial charge in [0.2, 0.25) is 0 Å². The molecule has 0 heterocycles. The van der Waals surface area contributed by atoms with Gasteiger partial charge in [0.15, 0.2) is 12.4 Å². The number of halogens is 4. The topological polar surface area (TPSA) is 26.3 Å². The smallest absolute Gasteiger partial charge is 0.200 e. The lowest BCUT2D eigenvalue weighted by Crippen LogP contribution is -2.11. The van der Waals surface area contributed by atoms with Crippen LogP contribution in [0.15, 0.2) is 36.4 Å². The van der Waals surface area contributed by atoms with Gasteiger partial charge in [-0.3, -0.25) is 4.79 Å². The average molecular weight is 350 g/mol. The minimum Gasteiger partial charge on any atom is -0.484 e. The van der Waals surface area contributed by atoms with Crippen LogP contribution in [-0.4, -0.2) is 12.4 Å². The largest absolute Gasteiger partial charge is 0.484 e. The zero-order valence-corrected chi connectivity index (χ0v) is 13.0. The maximum Gasteiger partial charge on any atom is 0.200 e. The monoisotopic (exact) mass is 348 g/mol. The van der Waals surface area contributed by atoms with Crippen LogP contribution in [0.1, 0.15) is 10.4 Å². The molecule has 0 N–H and O–H groups in total. The molecule has 0 bridgehead atoms. The Morgan fingerprint density at radius 1 is 0.900 bits per heavy atom. The van der Waals surface area contributed by atoms with Gasteiger partial charge in [0.05, 0.1) is 15.1 Å². The van der Waals surface area contributed by atoms with E-state index in [1.165, 1.54) is 6.07 Å². The summed E-state index contributed by atoms with van der Waals surface area (Å²) < 4.78 is 5.36. The maximum absolute atomic E-state index is 12.0. The zero-order chi connectivity index (χ0) is 14.7. The van der Waals surface area contributed by atoms with Crippen molar-refractivity contribution in [3.05, 3.63) is 62.1 Å². The van der Waals surface area contributed by atoms with E-state index in [-0.39, 0.29) is 12.4 Å². The Morgan fingerprint density at radius 2 is 1.60 bits per heavy atom. The summed E-state index contributed by atoms with van der Waals surface area (Å²) in [6, 6.07) is 9.42. The summed E-state index contributed by atoms with van der Waals surface area (Å²) in [5.41, 5.74) is 0.414. The van der Waals surface area contributed by atoms with E-state index in [4.69, 9.17) is 51.1 Å². The van der Waals surface area contributed by atoms with Crippen LogP contribution in [0.5, 0.6) is 5.75 Å². The van der Waals surface area contributed by atoms with Gasteiger partial charge in [-0.25, -0.2) is 0 Å². The molecule has 0 spiro atoms. The van der Waals surface area contributed by atoms with E-state index < -0.39 is 0 Å². The molecule has 0 fully saturated rings. The highest BCUT2D eigenvalue weighted by molar-refractivity contribution is 6.42. The van der Waals surface area contributed by atoms with Crippen molar-refractivity contribution in [2.24, 2.45) is 0 Å². The summed E-state index contributed by atoms with van der Waals surface area (Å²) in [4.78, 5) is 12.0. The van der Waals surface area contributed by atoms with Crippen molar-refractivity contribution in [1.82, 2.24) is 0 Å². The van der Waals surface area contributed by atoms with Crippen LogP contribution in [0.4, 0.5) is 0 Å². The fraction of sp³-hybridized carbons (Fsp3) is 0.0714. The summed E-state index contributed by atoms with van der Waals surface area (Å²) >= 11 is 23.4. The first-order chi connectivity index (χ1) is 9.47. The normalized spacial score (nSPS) is 10.4. The van der Waals surface area contributed by atoms with Gasteiger partial charge in [0, 0.05) is 16.7 Å². The van der Waals surface area contributed by atoms with E-state index in [1.807, 2.05) is 0 Å². The molecule has 104 valence electrons. The van der Waals surface area contributed by atoms with Crippen LogP contribution >= 0.6 is 46.4 Å². The molecule has 0 radical (unpaired) electrons. The van der Waals surface area contributed by atoms with E-state index in [0.29, 0.717) is 31.4 Å². The molecule has 2 nitrogen and oxygen atoms in total. The fourth-order valence-electron chi connectivity index (χ4n) is 1.48. The maximum atomic E-state index is 12.0. The molecule has 0 atom stereocenters. The first-order valence-corrected chi connectivity index (χ1v) is 7.04. The number of rotatable bonds is 4. The minimum atomic E-state index is -0.236. The van der Waals surface area contributed by atoms with Crippen LogP contribution < -0.4 is 4.74 Å². The van der Waals surface area contributed by atoms with Gasteiger partial charge in [0.25, 0.3) is 0 Å². The number of carbonyl (C=O) groups is 1. The molecule has 0 saturated carbocycles. The first kappa shape index (κ1) is 15.5. The van der Waals surface area contributed by atoms with Gasteiger partial charge in [-0.15, -0.1) is 0 Å². The zero-order valence-electron chi connectivity index (χ0n) is 10.00. The fourth-order valence-corrected chi connectivity index (χ4v) is 2.12. The van der Waals surface area contributed by atoms with Gasteiger partial charge >= 0.3 is 0 Å². The van der Waals surface area contributed by atoms with Gasteiger partial charge in [0.1, 0.15) is 5.75 Å². The van der Waals surface area contributed by atoms with Crippen LogP contribution in [0.25, 0.3) is 0 Å². The lowest BCUT2D eigenvalue weighted by Gasteiger charge is -2.08. The van der Waals surface area contributed by atoms with E-state index in [9.17, 15) is 4.79 Å². The molecule has 0 aliphatic rings. The van der Waals surface area contributed by atoms with Crippen molar-refractivity contribution in [2.75, 3.05) is 6.61 Å². The number of hydrogen-bond donors (Lipinski definition) is 0. The second kappa shape index (κ2) is 6.68. The van der Waals surface area contributed by atoms with Gasteiger partial charge in [-0.05, 0) is 30.3 Å². The molecule has 0 aromatic heterocycles. The number of ketones is 1. The predicted octanol–water partition coefficient (Wildman–Crippen LogP) is 5.56. The Hall–Kier alpha value is -0.930. The Labute approximate surface area is 136 Å². The standard InChI is InChI=1S/C14H8Cl4O2/c15-9-2-4-11(17)14(6-9)20-7-13(19)8-1-3-10(16)12(18)5-8/h1-6H,7H2. The molecule has 0 aliphatic heterocycles. The van der Waals surface area contributed by atoms with Crippen molar-refractivity contribution in [2.45, 2.75) is 0 Å². The summed E-state index contributed by atoms with van der Waals surface area (Å²) in [6.07, 6.45) is 0. The molecular weight excluding hydrogens is 342 g/mol. The Balaban J connectivity index is 2.08. The van der Waals surface area contributed by atoms with Crippen molar-refractivity contribution < 1.29 is 9.53 Å². The molecule has 0 amide bonds. The molecule has 2 rings (SSSR count). The van der Waals surface area contributed by atoms with Crippen molar-refractivity contribution in [3.8, 4) is 5.75 Å². The summed E-state index contributed by atoms with van der Waals surface area (Å²) in [5.74, 6) is 0.118. The van der Waals surface area contributed by atoms with Crippen LogP contribution in [-0.2, 0) is 0 Å². The van der Waals surface area contributed by atoms with Gasteiger partial charge < -0.3 is 4.74 Å². The van der Waals surface area contributed by atoms with Gasteiger partial charge in [-0.1, -0.05) is 46.4 Å². The third-order valence-electron chi connectivity index (χ3n) is 2.49. The second-order valence-corrected chi connectivity index (χ2v) is 5.57. The number of Topliss-reactive ketones (excluding diaryl/α,β-unsaturated/α-hetero) is 1. The summed E-state index contributed by atoms with van der Waals surface area (Å²) in [6.45, 7) is -0.169. The lowest BCUT2D eigenvalue weighted by atomic mass is 10.1. The minimum absolute atomic E-state index is 0.169. The van der Waals surface area contributed by atoms with Crippen molar-refractivity contribution in [3.63, 3.8) is 0 Å². The molecule has 0 aliphatic carbocycles. The molecule has 20 heavy (non-hydrogen) atoms. The van der Waals surface area contributed by atoms with E-state index in [0.717, 1.165) is 0 Å². The average Bonchev–Trinajstić information content (AvgIpc) is 2.42. The molecule has 0 saturated heterocycles. The Kier molecular flexibility index (Phi) is 5.17. The summed E-state index contributed by atoms with van der Waals surface area (Å²) in [5, 5.41) is 1.57. The van der Waals surface area contributed by atoms with Gasteiger partial charge in [-0.2, -0.15) is 0 Å². The van der Waals surface area contributed by atoms with Crippen LogP contribution in [0, 0.1) is 0 Å². The van der Waals surface area contributed by atoms with Crippen molar-refractivity contribution >= 4 is 52.2 Å². The molecule has 6 heteroatoms. The molecule has 2 aromatic rings. The predicted molar refractivity (Wildman–Crippen MR) is 82.7 cm³/mol. The SMILES string of the molecule is O=C(COc1cc(Cl)ccc1Cl)c1ccc(Cl)c(Cl)c1. The highest BCUT2D eigenvalue weighted by Gasteiger charge is 2.10. The van der Waals surface area contributed by atoms with Crippen LogP contribution in [0.3, 0.4) is 0 Å². The molecule has 0 unspecified atom stereocenters. The third-order valence-corrected chi connectivity index (χ3v) is 3.78. The number of hydrogen-bond acceptors (Lipinski definition) is 2. The van der Waals surface area contributed by atoms with E-state index in [2.05, 4.69) is 0 Å². The summed E-state index contributed by atoms with van der Waals surface area (Å²) in [7, 11) is 0. The quantitative estimate of drug-likeness (QED) is 0.675. The second-order valence-electron chi connectivity index (χ2n) is 3.92.